The number of hydrogen-bond donors (Lipinski definition) is 2. The summed E-state index contributed by atoms with van der Waals surface area (Å²) >= 11 is 0. The van der Waals surface area contributed by atoms with Crippen LogP contribution in [-0.4, -0.2) is 57.4 Å². The Labute approximate surface area is 196 Å². The zero-order valence-electron chi connectivity index (χ0n) is 19.7. The molecule has 1 aromatic carbocycles. The van der Waals surface area contributed by atoms with Crippen molar-refractivity contribution in [3.05, 3.63) is 47.8 Å². The Kier molecular flexibility index (Phi) is 7.75. The molecule has 1 saturated carbocycles. The van der Waals surface area contributed by atoms with Crippen LogP contribution in [0.25, 0.3) is 0 Å². The monoisotopic (exact) mass is 452 g/mol. The van der Waals surface area contributed by atoms with Crippen LogP contribution < -0.4 is 10.6 Å². The van der Waals surface area contributed by atoms with Crippen LogP contribution in [0.4, 0.5) is 0 Å². The van der Waals surface area contributed by atoms with Gasteiger partial charge in [0.1, 0.15) is 11.7 Å². The fourth-order valence-corrected chi connectivity index (χ4v) is 5.09. The van der Waals surface area contributed by atoms with Gasteiger partial charge in [-0.3, -0.25) is 9.59 Å². The summed E-state index contributed by atoms with van der Waals surface area (Å²) < 4.78 is 1.83. The van der Waals surface area contributed by atoms with Crippen LogP contribution in [0, 0.1) is 5.92 Å². The fourth-order valence-electron chi connectivity index (χ4n) is 5.09. The summed E-state index contributed by atoms with van der Waals surface area (Å²) in [6.45, 7) is 3.16. The van der Waals surface area contributed by atoms with Crippen LogP contribution in [0.15, 0.2) is 36.5 Å². The van der Waals surface area contributed by atoms with E-state index >= 15 is 0 Å². The van der Waals surface area contributed by atoms with E-state index in [1.807, 2.05) is 40.9 Å². The van der Waals surface area contributed by atoms with E-state index in [9.17, 15) is 9.59 Å². The number of amides is 2. The highest BCUT2D eigenvalue weighted by molar-refractivity contribution is 5.90. The summed E-state index contributed by atoms with van der Waals surface area (Å²) in [5.41, 5.74) is 1.99. The molecule has 2 fully saturated rings. The van der Waals surface area contributed by atoms with E-state index in [1.165, 1.54) is 6.42 Å². The minimum Gasteiger partial charge on any atom is -0.343 e. The molecule has 8 nitrogen and oxygen atoms in total. The SMILES string of the molecule is CN[C@@H](C)C(=O)N[C@H](C(=O)N1CCC[C@H]1c1cn(Cc2ccccc2)nn1)C1CCCCC1. The van der Waals surface area contributed by atoms with Gasteiger partial charge in [0.25, 0.3) is 0 Å². The van der Waals surface area contributed by atoms with Crippen LogP contribution in [0.2, 0.25) is 0 Å². The topological polar surface area (TPSA) is 92.2 Å². The van der Waals surface area contributed by atoms with Gasteiger partial charge in [-0.2, -0.15) is 0 Å². The summed E-state index contributed by atoms with van der Waals surface area (Å²) in [6, 6.07) is 9.25. The number of nitrogens with one attached hydrogen (secondary N) is 2. The second-order valence-electron chi connectivity index (χ2n) is 9.41. The molecule has 1 aliphatic carbocycles. The van der Waals surface area contributed by atoms with E-state index in [4.69, 9.17) is 0 Å². The first kappa shape index (κ1) is 23.4. The number of hydrogen-bond acceptors (Lipinski definition) is 5. The summed E-state index contributed by atoms with van der Waals surface area (Å²) in [5, 5.41) is 14.8. The molecule has 178 valence electrons. The lowest BCUT2D eigenvalue weighted by Crippen LogP contribution is -2.55. The highest BCUT2D eigenvalue weighted by atomic mass is 16.2. The number of rotatable bonds is 8. The maximum Gasteiger partial charge on any atom is 0.246 e. The summed E-state index contributed by atoms with van der Waals surface area (Å²) in [4.78, 5) is 28.4. The van der Waals surface area contributed by atoms with E-state index in [0.717, 1.165) is 49.8 Å². The first-order valence-corrected chi connectivity index (χ1v) is 12.3. The molecule has 0 radical (unpaired) electrons. The molecular weight excluding hydrogens is 416 g/mol. The lowest BCUT2D eigenvalue weighted by Gasteiger charge is -2.35. The fraction of sp³-hybridized carbons (Fsp3) is 0.600. The summed E-state index contributed by atoms with van der Waals surface area (Å²) in [6.07, 6.45) is 9.16. The molecule has 0 bridgehead atoms. The Balaban J connectivity index is 1.50. The molecular formula is C25H36N6O2. The molecule has 2 heterocycles. The molecule has 2 N–H and O–H groups in total. The predicted molar refractivity (Wildman–Crippen MR) is 126 cm³/mol. The Bertz CT molecular complexity index is 924. The van der Waals surface area contributed by atoms with Crippen molar-refractivity contribution in [3.8, 4) is 0 Å². The number of nitrogens with zero attached hydrogens (tertiary/aromatic N) is 4. The van der Waals surface area contributed by atoms with Gasteiger partial charge in [0.15, 0.2) is 0 Å². The van der Waals surface area contributed by atoms with Crippen LogP contribution in [0.3, 0.4) is 0 Å². The quantitative estimate of drug-likeness (QED) is 0.642. The van der Waals surface area contributed by atoms with Crippen molar-refractivity contribution in [1.82, 2.24) is 30.5 Å². The molecule has 1 aliphatic heterocycles. The van der Waals surface area contributed by atoms with Crippen molar-refractivity contribution in [2.45, 2.75) is 76.5 Å². The molecule has 8 heteroatoms. The normalized spacial score (nSPS) is 21.0. The average molecular weight is 453 g/mol. The van der Waals surface area contributed by atoms with E-state index in [0.29, 0.717) is 13.1 Å². The molecule has 2 amide bonds. The summed E-state index contributed by atoms with van der Waals surface area (Å²) in [5.74, 6) is 0.0962. The molecule has 1 aromatic heterocycles. The van der Waals surface area contributed by atoms with Crippen molar-refractivity contribution in [1.29, 1.82) is 0 Å². The highest BCUT2D eigenvalue weighted by Crippen LogP contribution is 2.34. The van der Waals surface area contributed by atoms with Gasteiger partial charge in [-0.25, -0.2) is 4.68 Å². The minimum atomic E-state index is -0.478. The van der Waals surface area contributed by atoms with Gasteiger partial charge in [0, 0.05) is 6.54 Å². The number of benzene rings is 1. The van der Waals surface area contributed by atoms with Crippen LogP contribution in [-0.2, 0) is 16.1 Å². The van der Waals surface area contributed by atoms with Crippen LogP contribution in [0.5, 0.6) is 0 Å². The van der Waals surface area contributed by atoms with E-state index in [1.54, 1.807) is 7.05 Å². The van der Waals surface area contributed by atoms with Crippen molar-refractivity contribution >= 4 is 11.8 Å². The smallest absolute Gasteiger partial charge is 0.246 e. The van der Waals surface area contributed by atoms with Crippen LogP contribution >= 0.6 is 0 Å². The van der Waals surface area contributed by atoms with Gasteiger partial charge in [0.05, 0.1) is 24.8 Å². The molecule has 0 unspecified atom stereocenters. The molecule has 3 atom stereocenters. The zero-order chi connectivity index (χ0) is 23.2. The first-order chi connectivity index (χ1) is 16.1. The second kappa shape index (κ2) is 10.9. The van der Waals surface area contributed by atoms with Crippen molar-refractivity contribution < 1.29 is 9.59 Å². The first-order valence-electron chi connectivity index (χ1n) is 12.3. The zero-order valence-corrected chi connectivity index (χ0v) is 19.7. The van der Waals surface area contributed by atoms with Gasteiger partial charge in [0.2, 0.25) is 11.8 Å². The van der Waals surface area contributed by atoms with Crippen molar-refractivity contribution in [2.24, 2.45) is 5.92 Å². The third-order valence-corrected chi connectivity index (χ3v) is 7.13. The Morgan fingerprint density at radius 3 is 2.58 bits per heavy atom. The average Bonchev–Trinajstić information content (AvgIpc) is 3.52. The van der Waals surface area contributed by atoms with Crippen molar-refractivity contribution in [3.63, 3.8) is 0 Å². The van der Waals surface area contributed by atoms with Crippen molar-refractivity contribution in [2.75, 3.05) is 13.6 Å². The third-order valence-electron chi connectivity index (χ3n) is 7.13. The molecule has 2 aromatic rings. The predicted octanol–water partition coefficient (Wildman–Crippen LogP) is 2.66. The molecule has 1 saturated heterocycles. The van der Waals surface area contributed by atoms with Gasteiger partial charge in [-0.05, 0) is 51.1 Å². The number of likely N-dealkylation sites (tertiary alicyclic amines) is 1. The Morgan fingerprint density at radius 2 is 1.85 bits per heavy atom. The van der Waals surface area contributed by atoms with Gasteiger partial charge in [-0.15, -0.1) is 5.10 Å². The molecule has 33 heavy (non-hydrogen) atoms. The van der Waals surface area contributed by atoms with E-state index < -0.39 is 6.04 Å². The Hall–Kier alpha value is -2.74. The number of carbonyl (C=O) groups is 2. The highest BCUT2D eigenvalue weighted by Gasteiger charge is 2.39. The Morgan fingerprint density at radius 1 is 1.09 bits per heavy atom. The second-order valence-corrected chi connectivity index (χ2v) is 9.41. The number of aromatic nitrogens is 3. The maximum absolute atomic E-state index is 13.8. The molecule has 2 aliphatic rings. The molecule has 4 rings (SSSR count). The van der Waals surface area contributed by atoms with Gasteiger partial charge >= 0.3 is 0 Å². The summed E-state index contributed by atoms with van der Waals surface area (Å²) in [7, 11) is 1.76. The minimum absolute atomic E-state index is 0.0265. The van der Waals surface area contributed by atoms with Crippen LogP contribution in [0.1, 0.15) is 69.2 Å². The largest absolute Gasteiger partial charge is 0.343 e. The molecule has 0 spiro atoms. The number of likely N-dealkylation sites (N-methyl/N-ethyl adjacent to an activating group) is 1. The van der Waals surface area contributed by atoms with E-state index in [2.05, 4.69) is 33.1 Å². The van der Waals surface area contributed by atoms with Gasteiger partial charge in [-0.1, -0.05) is 54.8 Å². The lowest BCUT2D eigenvalue weighted by molar-refractivity contribution is -0.139. The third kappa shape index (κ3) is 5.61. The number of carbonyl (C=O) groups excluding carboxylic acids is 2. The lowest BCUT2D eigenvalue weighted by atomic mass is 9.83. The standard InChI is InChI=1S/C25H36N6O2/c1-18(26-2)24(32)27-23(20-12-7-4-8-13-20)25(33)31-15-9-14-22(31)21-17-30(29-28-21)16-19-10-5-3-6-11-19/h3,5-6,10-11,17-18,20,22-23,26H,4,7-9,12-16H2,1-2H3,(H,27,32)/t18-,22-,23-/m0/s1. The maximum atomic E-state index is 13.8. The van der Waals surface area contributed by atoms with Gasteiger partial charge < -0.3 is 15.5 Å². The van der Waals surface area contributed by atoms with E-state index in [-0.39, 0.29) is 29.8 Å².